The largest absolute Gasteiger partial charge is 0.368 e. The zero-order valence-electron chi connectivity index (χ0n) is 10.3. The number of nitrogens with one attached hydrogen (secondary N) is 1. The molecule has 0 radical (unpaired) electrons. The molecule has 1 atom stereocenters. The number of rotatable bonds is 3. The summed E-state index contributed by atoms with van der Waals surface area (Å²) in [4.78, 5) is 16.3. The molecule has 3 rings (SSSR count). The quantitative estimate of drug-likeness (QED) is 0.936. The van der Waals surface area contributed by atoms with Crippen LogP contribution in [0.1, 0.15) is 12.8 Å². The van der Waals surface area contributed by atoms with Crippen molar-refractivity contribution in [3.63, 3.8) is 0 Å². The van der Waals surface area contributed by atoms with Gasteiger partial charge in [0.15, 0.2) is 5.13 Å². The number of hydrogen-bond donors (Lipinski definition) is 1. The van der Waals surface area contributed by atoms with E-state index in [1.165, 1.54) is 11.3 Å². The van der Waals surface area contributed by atoms with E-state index in [1.807, 2.05) is 35.7 Å². The topological polar surface area (TPSA) is 51.2 Å². The Morgan fingerprint density at radius 1 is 1.37 bits per heavy atom. The van der Waals surface area contributed by atoms with Crippen LogP contribution in [0.2, 0.25) is 0 Å². The van der Waals surface area contributed by atoms with Crippen LogP contribution in [0, 0.1) is 0 Å². The van der Waals surface area contributed by atoms with Crippen molar-refractivity contribution in [3.05, 3.63) is 35.7 Å². The Kier molecular flexibility index (Phi) is 3.57. The van der Waals surface area contributed by atoms with E-state index in [9.17, 15) is 4.79 Å². The Bertz CT molecular complexity index is 562. The molecule has 0 aliphatic carbocycles. The first kappa shape index (κ1) is 12.3. The molecule has 2 aromatic rings. The van der Waals surface area contributed by atoms with E-state index in [2.05, 4.69) is 10.3 Å². The number of benzene rings is 1. The number of hydrogen-bond acceptors (Lipinski definition) is 4. The zero-order chi connectivity index (χ0) is 13.1. The van der Waals surface area contributed by atoms with Gasteiger partial charge in [0.05, 0.1) is 5.69 Å². The van der Waals surface area contributed by atoms with Crippen LogP contribution in [0.3, 0.4) is 0 Å². The van der Waals surface area contributed by atoms with Crippen molar-refractivity contribution in [2.75, 3.05) is 11.9 Å². The number of amides is 1. The van der Waals surface area contributed by atoms with Gasteiger partial charge in [-0.1, -0.05) is 30.3 Å². The van der Waals surface area contributed by atoms with Crippen LogP contribution in [0.25, 0.3) is 11.3 Å². The normalized spacial score (nSPS) is 18.4. The minimum absolute atomic E-state index is 0.0912. The van der Waals surface area contributed by atoms with Crippen molar-refractivity contribution in [3.8, 4) is 11.3 Å². The van der Waals surface area contributed by atoms with Gasteiger partial charge >= 0.3 is 0 Å². The number of anilines is 1. The molecule has 4 nitrogen and oxygen atoms in total. The van der Waals surface area contributed by atoms with E-state index < -0.39 is 0 Å². The first-order valence-corrected chi connectivity index (χ1v) is 7.14. The van der Waals surface area contributed by atoms with Gasteiger partial charge < -0.3 is 4.74 Å². The number of nitrogens with zero attached hydrogens (tertiary/aromatic N) is 1. The fourth-order valence-electron chi connectivity index (χ4n) is 2.04. The standard InChI is InChI=1S/C14H14N2O2S/c17-13(12-7-4-8-18-12)16-14-15-11(9-19-14)10-5-2-1-3-6-10/h1-3,5-6,9,12H,4,7-8H2,(H,15,16,17)/t12-/m1/s1. The molecular weight excluding hydrogens is 260 g/mol. The van der Waals surface area contributed by atoms with Gasteiger partial charge in [0.2, 0.25) is 0 Å². The van der Waals surface area contributed by atoms with Crippen molar-refractivity contribution in [1.29, 1.82) is 0 Å². The molecule has 0 spiro atoms. The smallest absolute Gasteiger partial charge is 0.255 e. The highest BCUT2D eigenvalue weighted by atomic mass is 32.1. The maximum atomic E-state index is 11.9. The second kappa shape index (κ2) is 5.50. The molecule has 1 aromatic carbocycles. The summed E-state index contributed by atoms with van der Waals surface area (Å²) in [6, 6.07) is 9.91. The Morgan fingerprint density at radius 3 is 2.95 bits per heavy atom. The molecule has 1 N–H and O–H groups in total. The van der Waals surface area contributed by atoms with E-state index in [4.69, 9.17) is 4.74 Å². The molecule has 0 bridgehead atoms. The molecule has 1 amide bonds. The molecule has 19 heavy (non-hydrogen) atoms. The van der Waals surface area contributed by atoms with Crippen LogP contribution < -0.4 is 5.32 Å². The Hall–Kier alpha value is -1.72. The highest BCUT2D eigenvalue weighted by Gasteiger charge is 2.24. The highest BCUT2D eigenvalue weighted by Crippen LogP contribution is 2.25. The van der Waals surface area contributed by atoms with Crippen LogP contribution in [0.4, 0.5) is 5.13 Å². The predicted octanol–water partition coefficient (Wildman–Crippen LogP) is 2.93. The van der Waals surface area contributed by atoms with Crippen LogP contribution in [0.15, 0.2) is 35.7 Å². The maximum absolute atomic E-state index is 11.9. The van der Waals surface area contributed by atoms with Crippen molar-refractivity contribution >= 4 is 22.4 Å². The lowest BCUT2D eigenvalue weighted by molar-refractivity contribution is -0.124. The maximum Gasteiger partial charge on any atom is 0.255 e. The Balaban J connectivity index is 1.70. The summed E-state index contributed by atoms with van der Waals surface area (Å²) in [6.07, 6.45) is 1.43. The molecule has 1 aliphatic heterocycles. The van der Waals surface area contributed by atoms with Gasteiger partial charge in [-0.05, 0) is 12.8 Å². The van der Waals surface area contributed by atoms with Gasteiger partial charge in [0.1, 0.15) is 6.10 Å². The second-order valence-electron chi connectivity index (χ2n) is 4.39. The molecular formula is C14H14N2O2S. The average Bonchev–Trinajstić information content (AvgIpc) is 3.11. The summed E-state index contributed by atoms with van der Waals surface area (Å²) in [7, 11) is 0. The lowest BCUT2D eigenvalue weighted by Crippen LogP contribution is -2.26. The number of thiazole rings is 1. The predicted molar refractivity (Wildman–Crippen MR) is 75.2 cm³/mol. The van der Waals surface area contributed by atoms with Gasteiger partial charge in [-0.25, -0.2) is 4.98 Å². The molecule has 0 unspecified atom stereocenters. The third-order valence-corrected chi connectivity index (χ3v) is 3.78. The highest BCUT2D eigenvalue weighted by molar-refractivity contribution is 7.14. The van der Waals surface area contributed by atoms with Crippen LogP contribution >= 0.6 is 11.3 Å². The lowest BCUT2D eigenvalue weighted by Gasteiger charge is -2.07. The molecule has 2 heterocycles. The third-order valence-electron chi connectivity index (χ3n) is 3.03. The summed E-state index contributed by atoms with van der Waals surface area (Å²) in [5, 5.41) is 5.39. The molecule has 1 saturated heterocycles. The summed E-state index contributed by atoms with van der Waals surface area (Å²) < 4.78 is 5.34. The van der Waals surface area contributed by atoms with Gasteiger partial charge in [-0.2, -0.15) is 0 Å². The van der Waals surface area contributed by atoms with Gasteiger partial charge in [0.25, 0.3) is 5.91 Å². The number of aromatic nitrogens is 1. The van der Waals surface area contributed by atoms with E-state index in [0.29, 0.717) is 11.7 Å². The molecule has 98 valence electrons. The fraction of sp³-hybridized carbons (Fsp3) is 0.286. The zero-order valence-corrected chi connectivity index (χ0v) is 11.2. The van der Waals surface area contributed by atoms with E-state index in [-0.39, 0.29) is 12.0 Å². The van der Waals surface area contributed by atoms with Crippen LogP contribution in [-0.2, 0) is 9.53 Å². The van der Waals surface area contributed by atoms with Crippen LogP contribution in [-0.4, -0.2) is 23.6 Å². The van der Waals surface area contributed by atoms with Crippen molar-refractivity contribution in [2.24, 2.45) is 0 Å². The van der Waals surface area contributed by atoms with Crippen LogP contribution in [0.5, 0.6) is 0 Å². The van der Waals surface area contributed by atoms with Crippen molar-refractivity contribution in [1.82, 2.24) is 4.98 Å². The average molecular weight is 274 g/mol. The van der Waals surface area contributed by atoms with Crippen molar-refractivity contribution in [2.45, 2.75) is 18.9 Å². The molecule has 0 saturated carbocycles. The van der Waals surface area contributed by atoms with E-state index >= 15 is 0 Å². The first-order valence-electron chi connectivity index (χ1n) is 6.26. The Labute approximate surface area is 115 Å². The van der Waals surface area contributed by atoms with Gasteiger partial charge in [-0.15, -0.1) is 11.3 Å². The first-order chi connectivity index (χ1) is 9.33. The summed E-state index contributed by atoms with van der Waals surface area (Å²) >= 11 is 1.43. The molecule has 1 fully saturated rings. The van der Waals surface area contributed by atoms with E-state index in [0.717, 1.165) is 24.1 Å². The summed E-state index contributed by atoms with van der Waals surface area (Å²) in [5.41, 5.74) is 1.93. The Morgan fingerprint density at radius 2 is 2.21 bits per heavy atom. The number of carbonyl (C=O) groups is 1. The number of ether oxygens (including phenoxy) is 1. The van der Waals surface area contributed by atoms with Gasteiger partial charge in [0, 0.05) is 17.6 Å². The minimum atomic E-state index is -0.316. The molecule has 5 heteroatoms. The summed E-state index contributed by atoms with van der Waals surface area (Å²) in [6.45, 7) is 0.672. The molecule has 1 aliphatic rings. The fourth-order valence-corrected chi connectivity index (χ4v) is 2.77. The van der Waals surface area contributed by atoms with Gasteiger partial charge in [-0.3, -0.25) is 10.1 Å². The lowest BCUT2D eigenvalue weighted by atomic mass is 10.2. The second-order valence-corrected chi connectivity index (χ2v) is 5.25. The SMILES string of the molecule is O=C(Nc1nc(-c2ccccc2)cs1)[C@H]1CCCO1. The molecule has 1 aromatic heterocycles. The van der Waals surface area contributed by atoms with E-state index in [1.54, 1.807) is 0 Å². The minimum Gasteiger partial charge on any atom is -0.368 e. The third kappa shape index (κ3) is 2.83. The summed E-state index contributed by atoms with van der Waals surface area (Å²) in [5.74, 6) is -0.0912. The van der Waals surface area contributed by atoms with Crippen molar-refractivity contribution < 1.29 is 9.53 Å². The number of carbonyl (C=O) groups excluding carboxylic acids is 1. The monoisotopic (exact) mass is 274 g/mol.